The van der Waals surface area contributed by atoms with E-state index in [1.54, 1.807) is 12.1 Å². The number of carboxylic acids is 1. The molecule has 0 heterocycles. The van der Waals surface area contributed by atoms with E-state index in [0.717, 1.165) is 0 Å². The van der Waals surface area contributed by atoms with E-state index in [4.69, 9.17) is 5.73 Å². The van der Waals surface area contributed by atoms with Crippen molar-refractivity contribution in [1.82, 2.24) is 16.0 Å². The van der Waals surface area contributed by atoms with Gasteiger partial charge in [-0.25, -0.2) is 4.79 Å². The van der Waals surface area contributed by atoms with Crippen molar-refractivity contribution in [3.63, 3.8) is 0 Å². The molecule has 35 heavy (non-hydrogen) atoms. The summed E-state index contributed by atoms with van der Waals surface area (Å²) in [7, 11) is 0. The number of carbonyl (C=O) groups excluding carboxylic acids is 3. The van der Waals surface area contributed by atoms with E-state index in [0.29, 0.717) is 11.1 Å². The molecule has 0 aliphatic heterocycles. The first-order valence-corrected chi connectivity index (χ1v) is 11.2. The van der Waals surface area contributed by atoms with E-state index in [-0.39, 0.29) is 30.1 Å². The minimum Gasteiger partial charge on any atom is -0.508 e. The quantitative estimate of drug-likeness (QED) is 0.174. The van der Waals surface area contributed by atoms with Gasteiger partial charge in [0, 0.05) is 18.6 Å². The van der Waals surface area contributed by atoms with Crippen LogP contribution in [0.5, 0.6) is 11.5 Å². The predicted molar refractivity (Wildman–Crippen MR) is 130 cm³/mol. The molecule has 0 aromatic heterocycles. The van der Waals surface area contributed by atoms with Crippen molar-refractivity contribution < 1.29 is 34.5 Å². The van der Waals surface area contributed by atoms with Crippen molar-refractivity contribution in [3.05, 3.63) is 59.7 Å². The molecule has 3 unspecified atom stereocenters. The van der Waals surface area contributed by atoms with E-state index in [1.165, 1.54) is 36.4 Å². The number of carboxylic acid groups (broad SMARTS) is 1. The Morgan fingerprint density at radius 2 is 1.29 bits per heavy atom. The summed E-state index contributed by atoms with van der Waals surface area (Å²) < 4.78 is 0. The van der Waals surface area contributed by atoms with E-state index in [9.17, 15) is 34.5 Å². The van der Waals surface area contributed by atoms with Gasteiger partial charge in [-0.3, -0.25) is 14.4 Å². The Morgan fingerprint density at radius 1 is 0.800 bits per heavy atom. The van der Waals surface area contributed by atoms with E-state index in [2.05, 4.69) is 28.6 Å². The summed E-state index contributed by atoms with van der Waals surface area (Å²) in [6.07, 6.45) is -0.0631. The number of hydrogen-bond donors (Lipinski definition) is 8. The monoisotopic (exact) mass is 504 g/mol. The number of carbonyl (C=O) groups is 4. The highest BCUT2D eigenvalue weighted by Crippen LogP contribution is 2.13. The minimum atomic E-state index is -1.31. The molecule has 0 radical (unpaired) electrons. The van der Waals surface area contributed by atoms with Crippen LogP contribution in [0.1, 0.15) is 11.1 Å². The molecule has 0 bridgehead atoms. The first-order chi connectivity index (χ1) is 16.6. The first kappa shape index (κ1) is 27.5. The number of benzene rings is 2. The summed E-state index contributed by atoms with van der Waals surface area (Å²) in [5.74, 6) is -3.20. The number of phenolic OH excluding ortho intramolecular Hbond substituents is 2. The average Bonchev–Trinajstić information content (AvgIpc) is 2.83. The zero-order valence-corrected chi connectivity index (χ0v) is 19.6. The summed E-state index contributed by atoms with van der Waals surface area (Å²) in [4.78, 5) is 49.0. The van der Waals surface area contributed by atoms with Gasteiger partial charge in [0.2, 0.25) is 17.7 Å². The van der Waals surface area contributed by atoms with Crippen molar-refractivity contribution >= 4 is 36.3 Å². The molecular formula is C23H28N4O7S. The van der Waals surface area contributed by atoms with E-state index < -0.39 is 48.4 Å². The van der Waals surface area contributed by atoms with Crippen molar-refractivity contribution in [2.75, 3.05) is 12.3 Å². The average molecular weight is 505 g/mol. The molecule has 2 aromatic rings. The topological polar surface area (TPSA) is 191 Å². The summed E-state index contributed by atoms with van der Waals surface area (Å²) in [6.45, 7) is -0.449. The molecular weight excluding hydrogens is 476 g/mol. The van der Waals surface area contributed by atoms with Gasteiger partial charge in [0.05, 0.1) is 12.6 Å². The summed E-state index contributed by atoms with van der Waals surface area (Å²) in [6, 6.07) is 8.42. The molecule has 188 valence electrons. The molecule has 0 spiro atoms. The number of rotatable bonds is 12. The number of aromatic hydroxyl groups is 2. The van der Waals surface area contributed by atoms with Crippen LogP contribution in [0.2, 0.25) is 0 Å². The van der Waals surface area contributed by atoms with E-state index >= 15 is 0 Å². The minimum absolute atomic E-state index is 0.00645. The molecule has 11 nitrogen and oxygen atoms in total. The number of thiol groups is 1. The molecule has 0 aliphatic carbocycles. The van der Waals surface area contributed by atoms with Crippen LogP contribution < -0.4 is 21.7 Å². The fraction of sp³-hybridized carbons (Fsp3) is 0.304. The van der Waals surface area contributed by atoms with Gasteiger partial charge in [-0.15, -0.1) is 0 Å². The third-order valence-corrected chi connectivity index (χ3v) is 5.37. The maximum atomic E-state index is 13.0. The van der Waals surface area contributed by atoms with Crippen LogP contribution in [0.25, 0.3) is 0 Å². The van der Waals surface area contributed by atoms with Gasteiger partial charge in [-0.1, -0.05) is 24.3 Å². The predicted octanol–water partition coefficient (Wildman–Crippen LogP) is -0.689. The molecule has 12 heteroatoms. The highest BCUT2D eigenvalue weighted by molar-refractivity contribution is 7.80. The van der Waals surface area contributed by atoms with Crippen LogP contribution >= 0.6 is 12.6 Å². The van der Waals surface area contributed by atoms with Crippen LogP contribution in [-0.4, -0.2) is 69.4 Å². The van der Waals surface area contributed by atoms with Gasteiger partial charge in [0.1, 0.15) is 23.6 Å². The maximum absolute atomic E-state index is 13.0. The Labute approximate surface area is 207 Å². The highest BCUT2D eigenvalue weighted by Gasteiger charge is 2.27. The Hall–Kier alpha value is -3.77. The number of amides is 3. The second kappa shape index (κ2) is 13.2. The lowest BCUT2D eigenvalue weighted by atomic mass is 10.0. The smallest absolute Gasteiger partial charge is 0.326 e. The van der Waals surface area contributed by atoms with Gasteiger partial charge < -0.3 is 37.0 Å². The first-order valence-electron chi connectivity index (χ1n) is 10.6. The van der Waals surface area contributed by atoms with E-state index in [1.807, 2.05) is 0 Å². The second-order valence-corrected chi connectivity index (χ2v) is 8.13. The van der Waals surface area contributed by atoms with Gasteiger partial charge in [-0.05, 0) is 35.4 Å². The number of nitrogens with one attached hydrogen (secondary N) is 3. The molecule has 0 fully saturated rings. The Kier molecular flexibility index (Phi) is 10.4. The van der Waals surface area contributed by atoms with Crippen molar-refractivity contribution in [1.29, 1.82) is 0 Å². The third-order valence-electron chi connectivity index (χ3n) is 4.98. The number of phenols is 2. The molecule has 0 saturated heterocycles. The number of hydrogen-bond acceptors (Lipinski definition) is 8. The van der Waals surface area contributed by atoms with Gasteiger partial charge in [0.15, 0.2) is 0 Å². The van der Waals surface area contributed by atoms with Crippen molar-refractivity contribution in [3.8, 4) is 11.5 Å². The normalized spacial score (nSPS) is 13.2. The van der Waals surface area contributed by atoms with Crippen LogP contribution in [0.4, 0.5) is 0 Å². The second-order valence-electron chi connectivity index (χ2n) is 7.77. The van der Waals surface area contributed by atoms with Crippen LogP contribution in [0.15, 0.2) is 48.5 Å². The molecule has 3 amide bonds. The van der Waals surface area contributed by atoms with Crippen LogP contribution in [0.3, 0.4) is 0 Å². The molecule has 0 aliphatic rings. The van der Waals surface area contributed by atoms with Gasteiger partial charge in [-0.2, -0.15) is 12.6 Å². The Balaban J connectivity index is 2.13. The number of nitrogens with two attached hydrogens (primary N) is 1. The molecule has 2 rings (SSSR count). The van der Waals surface area contributed by atoms with Crippen LogP contribution in [-0.2, 0) is 32.0 Å². The Bertz CT molecular complexity index is 1030. The van der Waals surface area contributed by atoms with Gasteiger partial charge in [0.25, 0.3) is 0 Å². The lowest BCUT2D eigenvalue weighted by molar-refractivity contribution is -0.142. The van der Waals surface area contributed by atoms with Crippen molar-refractivity contribution in [2.24, 2.45) is 5.73 Å². The fourth-order valence-corrected chi connectivity index (χ4v) is 3.21. The largest absolute Gasteiger partial charge is 0.508 e. The number of aliphatic carboxylic acids is 1. The third kappa shape index (κ3) is 9.18. The van der Waals surface area contributed by atoms with Gasteiger partial charge >= 0.3 is 5.97 Å². The zero-order valence-electron chi connectivity index (χ0n) is 18.7. The molecule has 0 saturated carbocycles. The lowest BCUT2D eigenvalue weighted by Gasteiger charge is -2.22. The fourth-order valence-electron chi connectivity index (χ4n) is 3.04. The maximum Gasteiger partial charge on any atom is 0.326 e. The lowest BCUT2D eigenvalue weighted by Crippen LogP contribution is -2.55. The standard InChI is InChI=1S/C23H28N4O7S/c24-17(12-35)21(31)25-11-20(30)26-18(9-13-1-5-15(28)6-2-13)22(32)27-19(23(33)34)10-14-3-7-16(29)8-4-14/h1-8,17-19,28-29,35H,9-12,24H2,(H,25,31)(H,26,30)(H,27,32)(H,33,34). The summed E-state index contributed by atoms with van der Waals surface area (Å²) in [5.41, 5.74) is 6.71. The highest BCUT2D eigenvalue weighted by atomic mass is 32.1. The summed E-state index contributed by atoms with van der Waals surface area (Å²) in [5, 5.41) is 35.7. The SMILES string of the molecule is NC(CS)C(=O)NCC(=O)NC(Cc1ccc(O)cc1)C(=O)NC(Cc1ccc(O)cc1)C(=O)O. The zero-order chi connectivity index (χ0) is 26.0. The van der Waals surface area contributed by atoms with Crippen LogP contribution in [0, 0.1) is 0 Å². The molecule has 8 N–H and O–H groups in total. The summed E-state index contributed by atoms with van der Waals surface area (Å²) >= 11 is 3.92. The molecule has 3 atom stereocenters. The molecule has 2 aromatic carbocycles. The Morgan fingerprint density at radius 3 is 1.74 bits per heavy atom. The van der Waals surface area contributed by atoms with Crippen molar-refractivity contribution in [2.45, 2.75) is 31.0 Å².